The fraction of sp³-hybridized carbons (Fsp3) is 0.533. The first-order valence-corrected chi connectivity index (χ1v) is 7.22. The van der Waals surface area contributed by atoms with E-state index in [1.165, 1.54) is 6.07 Å². The Kier molecular flexibility index (Phi) is 4.27. The SMILES string of the molecule is CCC1(C(=O)Nc2cc([N+](=O)[O-])c(C)cc2C)CCCN1. The molecule has 0 bridgehead atoms. The number of hydrogen-bond donors (Lipinski definition) is 2. The minimum atomic E-state index is -0.549. The Morgan fingerprint density at radius 3 is 2.67 bits per heavy atom. The molecule has 6 heteroatoms. The third-order valence-electron chi connectivity index (χ3n) is 4.27. The molecule has 1 aromatic carbocycles. The van der Waals surface area contributed by atoms with Crippen LogP contribution in [-0.4, -0.2) is 22.9 Å². The summed E-state index contributed by atoms with van der Waals surface area (Å²) in [6.45, 7) is 6.34. The molecule has 1 amide bonds. The molecule has 1 unspecified atom stereocenters. The zero-order chi connectivity index (χ0) is 15.6. The highest BCUT2D eigenvalue weighted by molar-refractivity contribution is 5.99. The Morgan fingerprint density at radius 2 is 2.14 bits per heavy atom. The zero-order valence-corrected chi connectivity index (χ0v) is 12.7. The van der Waals surface area contributed by atoms with Gasteiger partial charge in [0.05, 0.1) is 16.1 Å². The van der Waals surface area contributed by atoms with Crippen molar-refractivity contribution in [1.29, 1.82) is 0 Å². The van der Waals surface area contributed by atoms with Crippen LogP contribution in [0.1, 0.15) is 37.3 Å². The number of nitrogens with one attached hydrogen (secondary N) is 2. The van der Waals surface area contributed by atoms with Gasteiger partial charge in [-0.15, -0.1) is 0 Å². The van der Waals surface area contributed by atoms with E-state index in [2.05, 4.69) is 10.6 Å². The summed E-state index contributed by atoms with van der Waals surface area (Å²) in [7, 11) is 0. The van der Waals surface area contributed by atoms with Crippen molar-refractivity contribution < 1.29 is 9.72 Å². The second kappa shape index (κ2) is 5.81. The van der Waals surface area contributed by atoms with Crippen LogP contribution in [0.2, 0.25) is 0 Å². The highest BCUT2D eigenvalue weighted by Crippen LogP contribution is 2.29. The smallest absolute Gasteiger partial charge is 0.274 e. The Morgan fingerprint density at radius 1 is 1.43 bits per heavy atom. The van der Waals surface area contributed by atoms with Crippen LogP contribution in [0.3, 0.4) is 0 Å². The summed E-state index contributed by atoms with van der Waals surface area (Å²) < 4.78 is 0. The molecular weight excluding hydrogens is 270 g/mol. The van der Waals surface area contributed by atoms with Crippen molar-refractivity contribution in [2.75, 3.05) is 11.9 Å². The molecule has 2 N–H and O–H groups in total. The largest absolute Gasteiger partial charge is 0.324 e. The van der Waals surface area contributed by atoms with Crippen molar-refractivity contribution in [2.45, 2.75) is 45.6 Å². The fourth-order valence-electron chi connectivity index (χ4n) is 2.88. The molecule has 1 saturated heterocycles. The van der Waals surface area contributed by atoms with E-state index in [0.29, 0.717) is 17.7 Å². The molecular formula is C15H21N3O3. The first-order chi connectivity index (χ1) is 9.89. The van der Waals surface area contributed by atoms with Crippen molar-refractivity contribution in [3.05, 3.63) is 33.4 Å². The zero-order valence-electron chi connectivity index (χ0n) is 12.7. The van der Waals surface area contributed by atoms with Crippen LogP contribution in [0.25, 0.3) is 0 Å². The monoisotopic (exact) mass is 291 g/mol. The van der Waals surface area contributed by atoms with Crippen LogP contribution in [-0.2, 0) is 4.79 Å². The lowest BCUT2D eigenvalue weighted by atomic mass is 9.93. The first-order valence-electron chi connectivity index (χ1n) is 7.22. The normalized spacial score (nSPS) is 21.3. The number of nitro benzene ring substituents is 1. The van der Waals surface area contributed by atoms with E-state index in [1.807, 2.05) is 13.8 Å². The van der Waals surface area contributed by atoms with Crippen molar-refractivity contribution in [1.82, 2.24) is 5.32 Å². The van der Waals surface area contributed by atoms with Gasteiger partial charge in [0.25, 0.3) is 5.69 Å². The highest BCUT2D eigenvalue weighted by atomic mass is 16.6. The van der Waals surface area contributed by atoms with E-state index in [-0.39, 0.29) is 11.6 Å². The molecule has 0 aliphatic carbocycles. The van der Waals surface area contributed by atoms with Gasteiger partial charge in [-0.05, 0) is 51.3 Å². The third kappa shape index (κ3) is 2.90. The molecule has 114 valence electrons. The van der Waals surface area contributed by atoms with Crippen LogP contribution in [0, 0.1) is 24.0 Å². The summed E-state index contributed by atoms with van der Waals surface area (Å²) in [4.78, 5) is 23.1. The standard InChI is InChI=1S/C15H21N3O3/c1-4-15(6-5-7-16-15)14(19)17-12-9-13(18(20)21)11(3)8-10(12)2/h8-9,16H,4-7H2,1-3H3,(H,17,19). The van der Waals surface area contributed by atoms with Gasteiger partial charge < -0.3 is 10.6 Å². The maximum atomic E-state index is 12.5. The van der Waals surface area contributed by atoms with E-state index in [4.69, 9.17) is 0 Å². The highest BCUT2D eigenvalue weighted by Gasteiger charge is 2.39. The number of hydrogen-bond acceptors (Lipinski definition) is 4. The summed E-state index contributed by atoms with van der Waals surface area (Å²) in [6.07, 6.45) is 2.46. The molecule has 21 heavy (non-hydrogen) atoms. The van der Waals surface area contributed by atoms with Crippen LogP contribution >= 0.6 is 0 Å². The Balaban J connectivity index is 2.29. The summed E-state index contributed by atoms with van der Waals surface area (Å²) >= 11 is 0. The molecule has 0 aromatic heterocycles. The second-order valence-corrected chi connectivity index (χ2v) is 5.63. The lowest BCUT2D eigenvalue weighted by Crippen LogP contribution is -2.50. The summed E-state index contributed by atoms with van der Waals surface area (Å²) in [5.41, 5.74) is 1.42. The van der Waals surface area contributed by atoms with Gasteiger partial charge in [-0.1, -0.05) is 6.92 Å². The van der Waals surface area contributed by atoms with Crippen molar-refractivity contribution in [2.24, 2.45) is 0 Å². The average molecular weight is 291 g/mol. The van der Waals surface area contributed by atoms with Crippen molar-refractivity contribution in [3.8, 4) is 0 Å². The van der Waals surface area contributed by atoms with E-state index in [0.717, 1.165) is 24.9 Å². The third-order valence-corrected chi connectivity index (χ3v) is 4.27. The number of nitro groups is 1. The predicted molar refractivity (Wildman–Crippen MR) is 81.5 cm³/mol. The topological polar surface area (TPSA) is 84.3 Å². The summed E-state index contributed by atoms with van der Waals surface area (Å²) in [5, 5.41) is 17.1. The molecule has 1 heterocycles. The maximum absolute atomic E-state index is 12.5. The quantitative estimate of drug-likeness (QED) is 0.660. The van der Waals surface area contributed by atoms with E-state index >= 15 is 0 Å². The minimum Gasteiger partial charge on any atom is -0.324 e. The van der Waals surface area contributed by atoms with Gasteiger partial charge in [0.1, 0.15) is 0 Å². The van der Waals surface area contributed by atoms with E-state index in [9.17, 15) is 14.9 Å². The van der Waals surface area contributed by atoms with Gasteiger partial charge in [-0.2, -0.15) is 0 Å². The van der Waals surface area contributed by atoms with Gasteiger partial charge >= 0.3 is 0 Å². The molecule has 1 fully saturated rings. The number of anilines is 1. The molecule has 0 radical (unpaired) electrons. The lowest BCUT2D eigenvalue weighted by molar-refractivity contribution is -0.385. The van der Waals surface area contributed by atoms with Gasteiger partial charge in [-0.25, -0.2) is 0 Å². The van der Waals surface area contributed by atoms with Gasteiger partial charge in [0.15, 0.2) is 0 Å². The average Bonchev–Trinajstić information content (AvgIpc) is 2.91. The Labute approximate surface area is 124 Å². The van der Waals surface area contributed by atoms with E-state index in [1.54, 1.807) is 13.0 Å². The van der Waals surface area contributed by atoms with Crippen molar-refractivity contribution in [3.63, 3.8) is 0 Å². The first kappa shape index (κ1) is 15.4. The van der Waals surface area contributed by atoms with Gasteiger partial charge in [-0.3, -0.25) is 14.9 Å². The number of rotatable bonds is 4. The Bertz CT molecular complexity index is 578. The van der Waals surface area contributed by atoms with Crippen LogP contribution in [0.15, 0.2) is 12.1 Å². The summed E-state index contributed by atoms with van der Waals surface area (Å²) in [6, 6.07) is 3.18. The van der Waals surface area contributed by atoms with Crippen LogP contribution < -0.4 is 10.6 Å². The van der Waals surface area contributed by atoms with Crippen LogP contribution in [0.5, 0.6) is 0 Å². The lowest BCUT2D eigenvalue weighted by Gasteiger charge is -2.27. The van der Waals surface area contributed by atoms with E-state index < -0.39 is 10.5 Å². The minimum absolute atomic E-state index is 0.0285. The molecule has 1 aromatic rings. The Hall–Kier alpha value is -1.95. The number of amides is 1. The molecule has 1 aliphatic rings. The molecule has 1 atom stereocenters. The number of nitrogens with zero attached hydrogens (tertiary/aromatic N) is 1. The fourth-order valence-corrected chi connectivity index (χ4v) is 2.88. The summed E-state index contributed by atoms with van der Waals surface area (Å²) in [5.74, 6) is -0.108. The molecule has 6 nitrogen and oxygen atoms in total. The predicted octanol–water partition coefficient (Wildman–Crippen LogP) is 2.68. The molecule has 0 saturated carbocycles. The number of carbonyl (C=O) groups is 1. The maximum Gasteiger partial charge on any atom is 0.274 e. The van der Waals surface area contributed by atoms with Gasteiger partial charge in [0, 0.05) is 11.6 Å². The van der Waals surface area contributed by atoms with Crippen LogP contribution in [0.4, 0.5) is 11.4 Å². The number of carbonyl (C=O) groups excluding carboxylic acids is 1. The second-order valence-electron chi connectivity index (χ2n) is 5.63. The van der Waals surface area contributed by atoms with Crippen molar-refractivity contribution >= 4 is 17.3 Å². The van der Waals surface area contributed by atoms with Gasteiger partial charge in [0.2, 0.25) is 5.91 Å². The number of aryl methyl sites for hydroxylation is 2. The number of benzene rings is 1. The molecule has 0 spiro atoms. The molecule has 1 aliphatic heterocycles. The molecule has 2 rings (SSSR count).